The predicted molar refractivity (Wildman–Crippen MR) is 125 cm³/mol. The van der Waals surface area contributed by atoms with Crippen LogP contribution < -0.4 is 15.5 Å². The second kappa shape index (κ2) is 8.68. The number of carbonyl (C=O) groups excluding carboxylic acids is 1. The van der Waals surface area contributed by atoms with Crippen molar-refractivity contribution in [1.29, 1.82) is 0 Å². The van der Waals surface area contributed by atoms with E-state index < -0.39 is 0 Å². The molecule has 0 unspecified atom stereocenters. The van der Waals surface area contributed by atoms with Crippen LogP contribution in [0.4, 0.5) is 17.2 Å². The maximum Gasteiger partial charge on any atom is 0.251 e. The quantitative estimate of drug-likeness (QED) is 0.507. The van der Waals surface area contributed by atoms with Crippen LogP contribution in [0.15, 0.2) is 67.1 Å². The van der Waals surface area contributed by atoms with Crippen LogP contribution in [0.1, 0.15) is 10.4 Å². The van der Waals surface area contributed by atoms with Gasteiger partial charge in [-0.05, 0) is 36.4 Å². The molecule has 3 heterocycles. The Morgan fingerprint density at radius 3 is 2.69 bits per heavy atom. The largest absolute Gasteiger partial charge is 0.378 e. The number of hydrogen-bond acceptors (Lipinski definition) is 6. The van der Waals surface area contributed by atoms with Gasteiger partial charge in [-0.25, -0.2) is 9.97 Å². The van der Waals surface area contributed by atoms with Gasteiger partial charge in [-0.3, -0.25) is 4.79 Å². The molecule has 1 saturated heterocycles. The first kappa shape index (κ1) is 20.0. The average molecular weight is 428 g/mol. The Labute approximate surface area is 185 Å². The van der Waals surface area contributed by atoms with Crippen LogP contribution in [-0.4, -0.2) is 53.6 Å². The first-order valence-electron chi connectivity index (χ1n) is 10.6. The molecule has 0 aliphatic carbocycles. The van der Waals surface area contributed by atoms with E-state index >= 15 is 0 Å². The van der Waals surface area contributed by atoms with E-state index in [0.29, 0.717) is 11.4 Å². The summed E-state index contributed by atoms with van der Waals surface area (Å²) in [4.78, 5) is 23.6. The number of nitrogens with zero attached hydrogens (tertiary/aromatic N) is 4. The third-order valence-electron chi connectivity index (χ3n) is 5.53. The fourth-order valence-electron chi connectivity index (χ4n) is 3.83. The van der Waals surface area contributed by atoms with E-state index in [-0.39, 0.29) is 5.91 Å². The lowest BCUT2D eigenvalue weighted by atomic mass is 10.1. The highest BCUT2D eigenvalue weighted by atomic mass is 16.5. The normalized spacial score (nSPS) is 13.8. The number of carbonyl (C=O) groups is 1. The monoisotopic (exact) mass is 428 g/mol. The summed E-state index contributed by atoms with van der Waals surface area (Å²) >= 11 is 0. The molecule has 0 atom stereocenters. The Kier molecular flexibility index (Phi) is 5.43. The van der Waals surface area contributed by atoms with Gasteiger partial charge in [0.2, 0.25) is 0 Å². The van der Waals surface area contributed by atoms with Gasteiger partial charge >= 0.3 is 0 Å². The zero-order chi connectivity index (χ0) is 21.9. The molecule has 1 aliphatic rings. The van der Waals surface area contributed by atoms with Crippen LogP contribution in [0.3, 0.4) is 0 Å². The van der Waals surface area contributed by atoms with Crippen molar-refractivity contribution in [2.75, 3.05) is 43.6 Å². The van der Waals surface area contributed by atoms with Crippen molar-refractivity contribution in [3.63, 3.8) is 0 Å². The molecule has 32 heavy (non-hydrogen) atoms. The topological polar surface area (TPSA) is 83.8 Å². The van der Waals surface area contributed by atoms with Crippen molar-refractivity contribution < 1.29 is 9.53 Å². The minimum atomic E-state index is -0.130. The van der Waals surface area contributed by atoms with Gasteiger partial charge < -0.3 is 24.7 Å². The molecule has 0 spiro atoms. The number of benzene rings is 2. The summed E-state index contributed by atoms with van der Waals surface area (Å²) in [6.45, 7) is 3.33. The Balaban J connectivity index is 1.45. The van der Waals surface area contributed by atoms with E-state index in [2.05, 4.69) is 32.7 Å². The molecule has 5 rings (SSSR count). The molecular weight excluding hydrogens is 404 g/mol. The first-order valence-corrected chi connectivity index (χ1v) is 10.6. The molecule has 8 heteroatoms. The molecule has 1 aliphatic heterocycles. The van der Waals surface area contributed by atoms with Crippen LogP contribution in [0.2, 0.25) is 0 Å². The highest BCUT2D eigenvalue weighted by Crippen LogP contribution is 2.26. The van der Waals surface area contributed by atoms with E-state index in [0.717, 1.165) is 48.9 Å². The van der Waals surface area contributed by atoms with Gasteiger partial charge in [-0.1, -0.05) is 12.1 Å². The molecular formula is C24H24N6O2. The minimum absolute atomic E-state index is 0.130. The second-order valence-electron chi connectivity index (χ2n) is 7.56. The lowest BCUT2D eigenvalue weighted by molar-refractivity contribution is 0.0963. The summed E-state index contributed by atoms with van der Waals surface area (Å²) in [5.74, 6) is 0.520. The lowest BCUT2D eigenvalue weighted by Crippen LogP contribution is -2.36. The Morgan fingerprint density at radius 1 is 1.09 bits per heavy atom. The number of amides is 1. The zero-order valence-electron chi connectivity index (χ0n) is 17.8. The van der Waals surface area contributed by atoms with Gasteiger partial charge in [0.15, 0.2) is 11.5 Å². The lowest BCUT2D eigenvalue weighted by Gasteiger charge is -2.28. The van der Waals surface area contributed by atoms with Gasteiger partial charge in [0.1, 0.15) is 0 Å². The van der Waals surface area contributed by atoms with Gasteiger partial charge in [0, 0.05) is 61.2 Å². The molecule has 1 fully saturated rings. The van der Waals surface area contributed by atoms with Crippen LogP contribution in [0, 0.1) is 0 Å². The van der Waals surface area contributed by atoms with Gasteiger partial charge in [-0.15, -0.1) is 0 Å². The third kappa shape index (κ3) is 4.00. The molecule has 8 nitrogen and oxygen atoms in total. The van der Waals surface area contributed by atoms with Crippen molar-refractivity contribution in [1.82, 2.24) is 19.7 Å². The van der Waals surface area contributed by atoms with E-state index in [1.807, 2.05) is 47.1 Å². The Morgan fingerprint density at radius 2 is 1.91 bits per heavy atom. The standard InChI is InChI=1S/C24H24N6O2/c1-25-24(31)18-4-2-3-17(15-18)21-16-30-10-9-26-23(30)22(28-21)27-19-5-7-20(8-6-19)29-11-13-32-14-12-29/h2-10,15-16H,11-14H2,1H3,(H,25,31)(H,27,28). The van der Waals surface area contributed by atoms with Crippen LogP contribution in [0.25, 0.3) is 16.9 Å². The average Bonchev–Trinajstić information content (AvgIpc) is 3.34. The number of rotatable bonds is 5. The highest BCUT2D eigenvalue weighted by molar-refractivity contribution is 5.95. The van der Waals surface area contributed by atoms with Crippen LogP contribution in [-0.2, 0) is 4.74 Å². The number of hydrogen-bond donors (Lipinski definition) is 2. The van der Waals surface area contributed by atoms with Gasteiger partial charge in [0.05, 0.1) is 18.9 Å². The van der Waals surface area contributed by atoms with E-state index in [1.54, 1.807) is 19.3 Å². The molecule has 0 saturated carbocycles. The Bertz CT molecular complexity index is 1250. The zero-order valence-corrected chi connectivity index (χ0v) is 17.8. The van der Waals surface area contributed by atoms with E-state index in [1.165, 1.54) is 5.69 Å². The molecule has 4 aromatic rings. The van der Waals surface area contributed by atoms with Crippen molar-refractivity contribution in [2.45, 2.75) is 0 Å². The fourth-order valence-corrected chi connectivity index (χ4v) is 3.83. The molecule has 162 valence electrons. The van der Waals surface area contributed by atoms with Crippen LogP contribution >= 0.6 is 0 Å². The van der Waals surface area contributed by atoms with E-state index in [4.69, 9.17) is 9.72 Å². The van der Waals surface area contributed by atoms with Crippen molar-refractivity contribution in [2.24, 2.45) is 0 Å². The summed E-state index contributed by atoms with van der Waals surface area (Å²) in [5, 5.41) is 6.07. The molecule has 0 bridgehead atoms. The smallest absolute Gasteiger partial charge is 0.251 e. The maximum absolute atomic E-state index is 12.0. The summed E-state index contributed by atoms with van der Waals surface area (Å²) in [6, 6.07) is 15.7. The van der Waals surface area contributed by atoms with Crippen LogP contribution in [0.5, 0.6) is 0 Å². The number of anilines is 3. The molecule has 2 aromatic carbocycles. The highest BCUT2D eigenvalue weighted by Gasteiger charge is 2.13. The van der Waals surface area contributed by atoms with Gasteiger partial charge in [0.25, 0.3) is 5.91 Å². The third-order valence-corrected chi connectivity index (χ3v) is 5.53. The Hall–Kier alpha value is -3.91. The molecule has 2 N–H and O–H groups in total. The maximum atomic E-state index is 12.0. The number of aromatic nitrogens is 3. The van der Waals surface area contributed by atoms with Crippen molar-refractivity contribution >= 4 is 28.7 Å². The molecule has 0 radical (unpaired) electrons. The summed E-state index contributed by atoms with van der Waals surface area (Å²) in [6.07, 6.45) is 5.54. The summed E-state index contributed by atoms with van der Waals surface area (Å²) in [5.41, 5.74) is 5.02. The number of morpholine rings is 1. The first-order chi connectivity index (χ1) is 15.7. The number of ether oxygens (including phenoxy) is 1. The second-order valence-corrected chi connectivity index (χ2v) is 7.56. The number of fused-ring (bicyclic) bond motifs is 1. The minimum Gasteiger partial charge on any atom is -0.378 e. The van der Waals surface area contributed by atoms with Crippen molar-refractivity contribution in [3.8, 4) is 11.3 Å². The van der Waals surface area contributed by atoms with Gasteiger partial charge in [-0.2, -0.15) is 0 Å². The SMILES string of the molecule is CNC(=O)c1cccc(-c2cn3ccnc3c(Nc3ccc(N4CCOCC4)cc3)n2)c1. The number of imidazole rings is 1. The molecule has 2 aromatic heterocycles. The fraction of sp³-hybridized carbons (Fsp3) is 0.208. The van der Waals surface area contributed by atoms with E-state index in [9.17, 15) is 4.79 Å². The molecule has 1 amide bonds. The van der Waals surface area contributed by atoms with Crippen molar-refractivity contribution in [3.05, 3.63) is 72.7 Å². The predicted octanol–water partition coefficient (Wildman–Crippen LogP) is 3.34. The summed E-state index contributed by atoms with van der Waals surface area (Å²) in [7, 11) is 1.62. The number of nitrogens with one attached hydrogen (secondary N) is 2. The summed E-state index contributed by atoms with van der Waals surface area (Å²) < 4.78 is 7.37.